The second-order valence-corrected chi connectivity index (χ2v) is 10.4. The molecule has 2 aromatic carbocycles. The number of hydrogen-bond donors (Lipinski definition) is 2. The molecule has 154 valence electrons. The van der Waals surface area contributed by atoms with E-state index in [0.29, 0.717) is 17.0 Å². The van der Waals surface area contributed by atoms with Gasteiger partial charge in [0.2, 0.25) is 5.91 Å². The Hall–Kier alpha value is -2.87. The van der Waals surface area contributed by atoms with Crippen LogP contribution in [-0.2, 0) is 27.3 Å². The second kappa shape index (κ2) is 5.85. The lowest BCUT2D eigenvalue weighted by atomic mass is 9.65. The molecule has 1 aromatic heterocycles. The van der Waals surface area contributed by atoms with Crippen molar-refractivity contribution in [2.45, 2.75) is 48.3 Å². The molecule has 0 unspecified atom stereocenters. The Balaban J connectivity index is 1.46. The highest BCUT2D eigenvalue weighted by Crippen LogP contribution is 2.56. The van der Waals surface area contributed by atoms with Crippen molar-refractivity contribution in [1.29, 1.82) is 0 Å². The number of hydrogen-bond acceptors (Lipinski definition) is 4. The number of sulfonamides is 1. The zero-order chi connectivity index (χ0) is 20.7. The van der Waals surface area contributed by atoms with E-state index in [1.165, 1.54) is 0 Å². The van der Waals surface area contributed by atoms with Crippen LogP contribution in [0, 0.1) is 0 Å². The Morgan fingerprint density at radius 2 is 2.03 bits per heavy atom. The third-order valence-corrected chi connectivity index (χ3v) is 8.31. The number of anilines is 2. The van der Waals surface area contributed by atoms with Crippen molar-refractivity contribution in [2.24, 2.45) is 7.05 Å². The lowest BCUT2D eigenvalue weighted by molar-refractivity contribution is -0.123. The Kier molecular flexibility index (Phi) is 3.50. The zero-order valence-corrected chi connectivity index (χ0v) is 17.4. The van der Waals surface area contributed by atoms with Crippen LogP contribution in [0.5, 0.6) is 0 Å². The van der Waals surface area contributed by atoms with Crippen LogP contribution in [0.1, 0.15) is 49.1 Å². The third kappa shape index (κ3) is 2.40. The van der Waals surface area contributed by atoms with Gasteiger partial charge in [0.05, 0.1) is 22.0 Å². The van der Waals surface area contributed by atoms with Gasteiger partial charge in [-0.15, -0.1) is 0 Å². The summed E-state index contributed by atoms with van der Waals surface area (Å²) in [4.78, 5) is 12.9. The lowest BCUT2D eigenvalue weighted by Gasteiger charge is -2.36. The molecule has 1 spiro atoms. The number of nitrogens with one attached hydrogen (secondary N) is 2. The Morgan fingerprint density at radius 1 is 1.23 bits per heavy atom. The molecule has 3 aliphatic rings. The molecule has 0 radical (unpaired) electrons. The van der Waals surface area contributed by atoms with Gasteiger partial charge in [-0.2, -0.15) is 5.10 Å². The molecule has 2 saturated carbocycles. The van der Waals surface area contributed by atoms with Crippen molar-refractivity contribution in [2.75, 3.05) is 10.0 Å². The number of benzene rings is 2. The molecule has 1 amide bonds. The van der Waals surface area contributed by atoms with Crippen LogP contribution < -0.4 is 10.0 Å². The molecule has 2 heterocycles. The normalized spacial score (nSPS) is 19.6. The summed E-state index contributed by atoms with van der Waals surface area (Å²) in [5.74, 6) is 0.450. The molecular formula is C22H22N4O3S. The molecule has 0 bridgehead atoms. The average molecular weight is 423 g/mol. The van der Waals surface area contributed by atoms with E-state index in [9.17, 15) is 13.2 Å². The molecule has 2 aliphatic carbocycles. The van der Waals surface area contributed by atoms with Gasteiger partial charge in [-0.25, -0.2) is 8.42 Å². The van der Waals surface area contributed by atoms with Gasteiger partial charge in [0, 0.05) is 23.8 Å². The van der Waals surface area contributed by atoms with Crippen LogP contribution in [0.25, 0.3) is 10.9 Å². The number of nitrogens with zero attached hydrogens (tertiary/aromatic N) is 2. The first-order valence-corrected chi connectivity index (χ1v) is 11.8. The minimum absolute atomic E-state index is 0.0609. The smallest absolute Gasteiger partial charge is 0.262 e. The summed E-state index contributed by atoms with van der Waals surface area (Å²) in [6, 6.07) is 8.93. The van der Waals surface area contributed by atoms with Crippen LogP contribution in [0.2, 0.25) is 0 Å². The van der Waals surface area contributed by atoms with Gasteiger partial charge in [0.15, 0.2) is 0 Å². The highest BCUT2D eigenvalue weighted by molar-refractivity contribution is 7.93. The lowest BCUT2D eigenvalue weighted by Crippen LogP contribution is -2.40. The number of aromatic nitrogens is 2. The maximum absolute atomic E-state index is 13.3. The third-order valence-electron chi connectivity index (χ3n) is 6.88. The molecule has 8 heteroatoms. The molecule has 2 N–H and O–H groups in total. The molecule has 0 saturated heterocycles. The molecule has 0 atom stereocenters. The van der Waals surface area contributed by atoms with Crippen molar-refractivity contribution < 1.29 is 13.2 Å². The van der Waals surface area contributed by atoms with E-state index >= 15 is 0 Å². The predicted molar refractivity (Wildman–Crippen MR) is 114 cm³/mol. The number of rotatable bonds is 4. The van der Waals surface area contributed by atoms with Gasteiger partial charge in [-0.3, -0.25) is 14.2 Å². The molecule has 3 aromatic rings. The van der Waals surface area contributed by atoms with Crippen molar-refractivity contribution in [3.63, 3.8) is 0 Å². The van der Waals surface area contributed by atoms with Gasteiger partial charge in [-0.05, 0) is 67.0 Å². The van der Waals surface area contributed by atoms with Gasteiger partial charge in [-0.1, -0.05) is 12.5 Å². The van der Waals surface area contributed by atoms with Gasteiger partial charge in [0.25, 0.3) is 10.0 Å². The van der Waals surface area contributed by atoms with Gasteiger partial charge < -0.3 is 5.32 Å². The fourth-order valence-corrected chi connectivity index (χ4v) is 6.18. The number of amides is 1. The fourth-order valence-electron chi connectivity index (χ4n) is 4.93. The van der Waals surface area contributed by atoms with Crippen LogP contribution >= 0.6 is 0 Å². The van der Waals surface area contributed by atoms with Crippen LogP contribution in [0.3, 0.4) is 0 Å². The maximum atomic E-state index is 13.3. The molecular weight excluding hydrogens is 400 g/mol. The topological polar surface area (TPSA) is 93.1 Å². The summed E-state index contributed by atoms with van der Waals surface area (Å²) in [7, 11) is -2.03. The Bertz CT molecular complexity index is 1330. The van der Waals surface area contributed by atoms with Gasteiger partial charge >= 0.3 is 0 Å². The van der Waals surface area contributed by atoms with E-state index in [2.05, 4.69) is 15.1 Å². The first-order chi connectivity index (χ1) is 14.4. The molecule has 30 heavy (non-hydrogen) atoms. The highest BCUT2D eigenvalue weighted by Gasteiger charge is 2.52. The van der Waals surface area contributed by atoms with E-state index in [4.69, 9.17) is 0 Å². The molecule has 2 fully saturated rings. The van der Waals surface area contributed by atoms with E-state index in [0.717, 1.165) is 54.4 Å². The van der Waals surface area contributed by atoms with Crippen molar-refractivity contribution in [1.82, 2.24) is 9.78 Å². The fraction of sp³-hybridized carbons (Fsp3) is 0.364. The monoisotopic (exact) mass is 422 g/mol. The standard InChI is InChI=1S/C22H22N4O3S/c1-26-18-4-2-5-19(16(18)12-23-26)30(28,29)25-14-10-15(13-6-7-13)20-17(11-14)22(8-3-9-22)21(27)24-20/h2,4-5,10-13,25H,3,6-9H2,1H3,(H,24,27). The summed E-state index contributed by atoms with van der Waals surface area (Å²) in [5.41, 5.74) is 3.74. The van der Waals surface area contributed by atoms with Crippen molar-refractivity contribution in [3.8, 4) is 0 Å². The molecule has 6 rings (SSSR count). The van der Waals surface area contributed by atoms with Crippen LogP contribution in [0.15, 0.2) is 41.4 Å². The minimum Gasteiger partial charge on any atom is -0.325 e. The quantitative estimate of drug-likeness (QED) is 0.672. The largest absolute Gasteiger partial charge is 0.325 e. The first kappa shape index (κ1) is 17.9. The number of fused-ring (bicyclic) bond motifs is 3. The number of aryl methyl sites for hydroxylation is 1. The molecule has 1 aliphatic heterocycles. The number of carbonyl (C=O) groups is 1. The summed E-state index contributed by atoms with van der Waals surface area (Å²) in [6.45, 7) is 0. The van der Waals surface area contributed by atoms with E-state index in [1.807, 2.05) is 18.2 Å². The van der Waals surface area contributed by atoms with Crippen molar-refractivity contribution >= 4 is 38.2 Å². The average Bonchev–Trinajstić information content (AvgIpc) is 3.38. The van der Waals surface area contributed by atoms with Crippen molar-refractivity contribution in [3.05, 3.63) is 47.7 Å². The predicted octanol–water partition coefficient (Wildman–Crippen LogP) is 3.63. The summed E-state index contributed by atoms with van der Waals surface area (Å²) in [5, 5.41) is 7.88. The molecule has 7 nitrogen and oxygen atoms in total. The van der Waals surface area contributed by atoms with Crippen LogP contribution in [0.4, 0.5) is 11.4 Å². The van der Waals surface area contributed by atoms with E-state index in [1.54, 1.807) is 30.1 Å². The van der Waals surface area contributed by atoms with Gasteiger partial charge in [0.1, 0.15) is 0 Å². The Morgan fingerprint density at radius 3 is 2.73 bits per heavy atom. The zero-order valence-electron chi connectivity index (χ0n) is 16.6. The number of carbonyl (C=O) groups excluding carboxylic acids is 1. The van der Waals surface area contributed by atoms with Crippen LogP contribution in [-0.4, -0.2) is 24.1 Å². The first-order valence-electron chi connectivity index (χ1n) is 10.3. The minimum atomic E-state index is -3.81. The SMILES string of the molecule is Cn1ncc2c(S(=O)(=O)Nc3cc(C4CC4)c4c(c3)C3(CCC3)C(=O)N4)cccc21. The van der Waals surface area contributed by atoms with E-state index < -0.39 is 15.4 Å². The van der Waals surface area contributed by atoms with E-state index in [-0.39, 0.29) is 10.8 Å². The second-order valence-electron chi connectivity index (χ2n) is 8.71. The highest BCUT2D eigenvalue weighted by atomic mass is 32.2. The maximum Gasteiger partial charge on any atom is 0.262 e. The summed E-state index contributed by atoms with van der Waals surface area (Å²) >= 11 is 0. The summed E-state index contributed by atoms with van der Waals surface area (Å²) < 4.78 is 31.0. The summed E-state index contributed by atoms with van der Waals surface area (Å²) in [6.07, 6.45) is 6.38. The Labute approximate surface area is 174 Å².